The Hall–Kier alpha value is -2.63. The van der Waals surface area contributed by atoms with E-state index in [1.54, 1.807) is 32.2 Å². The van der Waals surface area contributed by atoms with Crippen molar-refractivity contribution in [3.63, 3.8) is 0 Å². The van der Waals surface area contributed by atoms with E-state index in [9.17, 15) is 9.59 Å². The number of carbonyl (C=O) groups is 2. The van der Waals surface area contributed by atoms with Crippen molar-refractivity contribution in [3.8, 4) is 0 Å². The van der Waals surface area contributed by atoms with Gasteiger partial charge < -0.3 is 15.7 Å². The molecule has 2 amide bonds. The molecule has 0 aliphatic heterocycles. The zero-order valence-corrected chi connectivity index (χ0v) is 11.8. The van der Waals surface area contributed by atoms with E-state index in [4.69, 9.17) is 5.11 Å². The van der Waals surface area contributed by atoms with Crippen LogP contribution in [-0.2, 0) is 4.79 Å². The van der Waals surface area contributed by atoms with Gasteiger partial charge in [0.25, 0.3) is 0 Å². The average molecular weight is 287 g/mol. The number of hydrogen-bond acceptors (Lipinski definition) is 3. The Labute approximate surface area is 122 Å². The highest BCUT2D eigenvalue weighted by atomic mass is 16.4. The molecule has 0 unspecified atom stereocenters. The molecule has 0 saturated carbocycles. The monoisotopic (exact) mass is 287 g/mol. The van der Waals surface area contributed by atoms with Gasteiger partial charge in [0.1, 0.15) is 6.04 Å². The number of aliphatic carboxylic acids is 1. The fourth-order valence-electron chi connectivity index (χ4n) is 2.02. The van der Waals surface area contributed by atoms with Crippen LogP contribution in [0.4, 0.5) is 10.5 Å². The van der Waals surface area contributed by atoms with Gasteiger partial charge in [0.05, 0.1) is 11.2 Å². The lowest BCUT2D eigenvalue weighted by Gasteiger charge is -2.18. The Morgan fingerprint density at radius 1 is 1.19 bits per heavy atom. The molecule has 0 radical (unpaired) electrons. The van der Waals surface area contributed by atoms with Crippen molar-refractivity contribution < 1.29 is 14.7 Å². The van der Waals surface area contributed by atoms with Crippen molar-refractivity contribution in [1.82, 2.24) is 10.3 Å². The fourth-order valence-corrected chi connectivity index (χ4v) is 2.02. The maximum absolute atomic E-state index is 12.0. The summed E-state index contributed by atoms with van der Waals surface area (Å²) in [5.74, 6) is -1.27. The van der Waals surface area contributed by atoms with Crippen LogP contribution in [0.15, 0.2) is 36.5 Å². The first-order valence-corrected chi connectivity index (χ1v) is 6.63. The van der Waals surface area contributed by atoms with E-state index in [1.165, 1.54) is 0 Å². The van der Waals surface area contributed by atoms with Crippen LogP contribution in [0.5, 0.6) is 0 Å². The van der Waals surface area contributed by atoms with Crippen molar-refractivity contribution in [2.45, 2.75) is 19.9 Å². The van der Waals surface area contributed by atoms with Gasteiger partial charge in [-0.1, -0.05) is 32.0 Å². The number of nitrogens with zero attached hydrogens (tertiary/aromatic N) is 1. The van der Waals surface area contributed by atoms with Crippen molar-refractivity contribution >= 4 is 28.6 Å². The summed E-state index contributed by atoms with van der Waals surface area (Å²) >= 11 is 0. The van der Waals surface area contributed by atoms with Crippen LogP contribution < -0.4 is 10.6 Å². The van der Waals surface area contributed by atoms with E-state index in [-0.39, 0.29) is 5.92 Å². The van der Waals surface area contributed by atoms with Crippen molar-refractivity contribution in [2.24, 2.45) is 5.92 Å². The minimum Gasteiger partial charge on any atom is -0.480 e. The molecule has 1 atom stereocenters. The molecular weight excluding hydrogens is 270 g/mol. The summed E-state index contributed by atoms with van der Waals surface area (Å²) in [4.78, 5) is 27.3. The number of anilines is 1. The van der Waals surface area contributed by atoms with E-state index in [1.807, 2.05) is 18.2 Å². The predicted molar refractivity (Wildman–Crippen MR) is 80.2 cm³/mol. The minimum atomic E-state index is -1.06. The highest BCUT2D eigenvalue weighted by Crippen LogP contribution is 2.20. The molecule has 0 saturated heterocycles. The third-order valence-corrected chi connectivity index (χ3v) is 3.10. The molecule has 1 heterocycles. The zero-order valence-electron chi connectivity index (χ0n) is 11.8. The number of pyridine rings is 1. The first-order valence-electron chi connectivity index (χ1n) is 6.63. The lowest BCUT2D eigenvalue weighted by molar-refractivity contribution is -0.140. The molecule has 1 aromatic heterocycles. The standard InChI is InChI=1S/C15H17N3O3/c1-9(2)12(14(19)20)18-15(21)17-11-7-3-5-10-6-4-8-16-13(10)11/h3-9,12H,1-2H3,(H,19,20)(H2,17,18,21)/t12-/m1/s1. The number of carboxylic acids is 1. The number of para-hydroxylation sites is 1. The van der Waals surface area contributed by atoms with Gasteiger partial charge in [-0.05, 0) is 18.1 Å². The van der Waals surface area contributed by atoms with Crippen LogP contribution in [0.3, 0.4) is 0 Å². The van der Waals surface area contributed by atoms with Crippen LogP contribution >= 0.6 is 0 Å². The topological polar surface area (TPSA) is 91.3 Å². The quantitative estimate of drug-likeness (QED) is 0.805. The predicted octanol–water partition coefficient (Wildman–Crippen LogP) is 2.47. The van der Waals surface area contributed by atoms with Crippen LogP contribution in [0.25, 0.3) is 10.9 Å². The molecule has 2 aromatic rings. The van der Waals surface area contributed by atoms with Crippen LogP contribution in [0, 0.1) is 5.92 Å². The van der Waals surface area contributed by atoms with Gasteiger partial charge in [-0.25, -0.2) is 9.59 Å². The first-order chi connectivity index (χ1) is 9.99. The Morgan fingerprint density at radius 3 is 2.57 bits per heavy atom. The highest BCUT2D eigenvalue weighted by Gasteiger charge is 2.23. The number of amides is 2. The number of hydrogen-bond donors (Lipinski definition) is 3. The van der Waals surface area contributed by atoms with E-state index >= 15 is 0 Å². The molecule has 2 rings (SSSR count). The molecule has 0 fully saturated rings. The lowest BCUT2D eigenvalue weighted by atomic mass is 10.1. The van der Waals surface area contributed by atoms with E-state index in [0.29, 0.717) is 11.2 Å². The van der Waals surface area contributed by atoms with Gasteiger partial charge in [-0.15, -0.1) is 0 Å². The van der Waals surface area contributed by atoms with Crippen molar-refractivity contribution in [3.05, 3.63) is 36.5 Å². The highest BCUT2D eigenvalue weighted by molar-refractivity contribution is 6.00. The Kier molecular flexibility index (Phi) is 4.37. The molecule has 6 nitrogen and oxygen atoms in total. The molecule has 0 aliphatic rings. The number of carbonyl (C=O) groups excluding carboxylic acids is 1. The van der Waals surface area contributed by atoms with Gasteiger partial charge in [-0.3, -0.25) is 4.98 Å². The number of carboxylic acid groups (broad SMARTS) is 1. The summed E-state index contributed by atoms with van der Waals surface area (Å²) in [7, 11) is 0. The van der Waals surface area contributed by atoms with Crippen molar-refractivity contribution in [1.29, 1.82) is 0 Å². The maximum Gasteiger partial charge on any atom is 0.326 e. The fraction of sp³-hybridized carbons (Fsp3) is 0.267. The maximum atomic E-state index is 12.0. The van der Waals surface area contributed by atoms with E-state index in [2.05, 4.69) is 15.6 Å². The van der Waals surface area contributed by atoms with Gasteiger partial charge in [0.15, 0.2) is 0 Å². The number of benzene rings is 1. The second-order valence-electron chi connectivity index (χ2n) is 5.04. The molecule has 0 bridgehead atoms. The smallest absolute Gasteiger partial charge is 0.326 e. The molecular formula is C15H17N3O3. The summed E-state index contributed by atoms with van der Waals surface area (Å²) in [5.41, 5.74) is 1.20. The van der Waals surface area contributed by atoms with Crippen LogP contribution in [-0.4, -0.2) is 28.1 Å². The summed E-state index contributed by atoms with van der Waals surface area (Å²) in [5, 5.41) is 15.1. The molecule has 0 aliphatic carbocycles. The number of rotatable bonds is 4. The summed E-state index contributed by atoms with van der Waals surface area (Å²) < 4.78 is 0. The van der Waals surface area contributed by atoms with Gasteiger partial charge >= 0.3 is 12.0 Å². The molecule has 6 heteroatoms. The van der Waals surface area contributed by atoms with Crippen molar-refractivity contribution in [2.75, 3.05) is 5.32 Å². The summed E-state index contributed by atoms with van der Waals surface area (Å²) in [6.45, 7) is 3.47. The van der Waals surface area contributed by atoms with E-state index in [0.717, 1.165) is 5.39 Å². The minimum absolute atomic E-state index is 0.209. The normalized spacial score (nSPS) is 12.1. The second kappa shape index (κ2) is 6.21. The number of nitrogens with one attached hydrogen (secondary N) is 2. The number of fused-ring (bicyclic) bond motifs is 1. The zero-order chi connectivity index (χ0) is 15.4. The Bertz CT molecular complexity index is 665. The van der Waals surface area contributed by atoms with Gasteiger partial charge in [-0.2, -0.15) is 0 Å². The molecule has 110 valence electrons. The molecule has 3 N–H and O–H groups in total. The van der Waals surface area contributed by atoms with E-state index < -0.39 is 18.0 Å². The average Bonchev–Trinajstić information content (AvgIpc) is 2.44. The Balaban J connectivity index is 2.17. The number of urea groups is 1. The molecule has 21 heavy (non-hydrogen) atoms. The third kappa shape index (κ3) is 3.47. The van der Waals surface area contributed by atoms with Crippen LogP contribution in [0.2, 0.25) is 0 Å². The number of aromatic nitrogens is 1. The second-order valence-corrected chi connectivity index (χ2v) is 5.04. The molecule has 1 aromatic carbocycles. The molecule has 0 spiro atoms. The van der Waals surface area contributed by atoms with Crippen LogP contribution in [0.1, 0.15) is 13.8 Å². The van der Waals surface area contributed by atoms with Gasteiger partial charge in [0, 0.05) is 11.6 Å². The first kappa shape index (κ1) is 14.8. The lowest BCUT2D eigenvalue weighted by Crippen LogP contribution is -2.46. The van der Waals surface area contributed by atoms with Gasteiger partial charge in [0.2, 0.25) is 0 Å². The third-order valence-electron chi connectivity index (χ3n) is 3.10. The largest absolute Gasteiger partial charge is 0.480 e. The Morgan fingerprint density at radius 2 is 1.90 bits per heavy atom. The summed E-state index contributed by atoms with van der Waals surface area (Å²) in [6.07, 6.45) is 1.64. The SMILES string of the molecule is CC(C)[C@@H](NC(=O)Nc1cccc2cccnc12)C(=O)O. The summed E-state index contributed by atoms with van der Waals surface area (Å²) in [6, 6.07) is 7.61.